The molecule has 17 heavy (non-hydrogen) atoms. The van der Waals surface area contributed by atoms with Crippen LogP contribution in [0.4, 0.5) is 0 Å². The van der Waals surface area contributed by atoms with Gasteiger partial charge in [-0.05, 0) is 37.4 Å². The number of carbonyl (C=O) groups is 1. The Morgan fingerprint density at radius 1 is 1.65 bits per heavy atom. The molecule has 1 amide bonds. The van der Waals surface area contributed by atoms with Crippen LogP contribution in [0.15, 0.2) is 12.1 Å². The quantitative estimate of drug-likeness (QED) is 0.887. The summed E-state index contributed by atoms with van der Waals surface area (Å²) in [5, 5.41) is 6.24. The highest BCUT2D eigenvalue weighted by atomic mass is 35.5. The molecule has 0 saturated carbocycles. The van der Waals surface area contributed by atoms with Crippen molar-refractivity contribution in [1.82, 2.24) is 10.6 Å². The summed E-state index contributed by atoms with van der Waals surface area (Å²) in [6.45, 7) is 3.63. The molecular formula is C12H17ClN2OS. The van der Waals surface area contributed by atoms with Crippen molar-refractivity contribution < 1.29 is 4.79 Å². The average Bonchev–Trinajstić information content (AvgIpc) is 2.73. The second-order valence-electron chi connectivity index (χ2n) is 4.47. The predicted molar refractivity (Wildman–Crippen MR) is 71.4 cm³/mol. The summed E-state index contributed by atoms with van der Waals surface area (Å²) >= 11 is 7.35. The van der Waals surface area contributed by atoms with Crippen molar-refractivity contribution in [3.05, 3.63) is 21.3 Å². The van der Waals surface area contributed by atoms with E-state index in [0.717, 1.165) is 28.6 Å². The normalized spacial score (nSPS) is 24.6. The summed E-state index contributed by atoms with van der Waals surface area (Å²) in [5.74, 6) is 0.511. The van der Waals surface area contributed by atoms with Gasteiger partial charge in [0, 0.05) is 4.88 Å². The summed E-state index contributed by atoms with van der Waals surface area (Å²) < 4.78 is 0.762. The van der Waals surface area contributed by atoms with E-state index in [1.807, 2.05) is 12.1 Å². The summed E-state index contributed by atoms with van der Waals surface area (Å²) in [7, 11) is 0. The molecule has 0 spiro atoms. The molecule has 2 N–H and O–H groups in total. The number of hydrogen-bond donors (Lipinski definition) is 2. The van der Waals surface area contributed by atoms with E-state index in [1.54, 1.807) is 0 Å². The lowest BCUT2D eigenvalue weighted by molar-refractivity contribution is -0.125. The van der Waals surface area contributed by atoms with Crippen LogP contribution in [0.1, 0.15) is 24.6 Å². The van der Waals surface area contributed by atoms with Gasteiger partial charge in [-0.2, -0.15) is 0 Å². The minimum atomic E-state index is -0.0424. The maximum Gasteiger partial charge on any atom is 0.237 e. The Hall–Kier alpha value is -0.580. The molecule has 1 aromatic heterocycles. The van der Waals surface area contributed by atoms with Crippen LogP contribution in [0.25, 0.3) is 0 Å². The van der Waals surface area contributed by atoms with E-state index in [1.165, 1.54) is 11.3 Å². The lowest BCUT2D eigenvalue weighted by atomic mass is 9.92. The summed E-state index contributed by atoms with van der Waals surface area (Å²) in [6.07, 6.45) is 2.28. The van der Waals surface area contributed by atoms with E-state index in [-0.39, 0.29) is 11.9 Å². The van der Waals surface area contributed by atoms with Crippen LogP contribution in [0.5, 0.6) is 0 Å². The summed E-state index contributed by atoms with van der Waals surface area (Å²) in [6, 6.07) is 3.76. The zero-order valence-electron chi connectivity index (χ0n) is 9.83. The molecule has 1 fully saturated rings. The molecule has 1 aliphatic heterocycles. The van der Waals surface area contributed by atoms with E-state index in [4.69, 9.17) is 11.6 Å². The first kappa shape index (κ1) is 12.9. The Morgan fingerprint density at radius 3 is 3.12 bits per heavy atom. The van der Waals surface area contributed by atoms with Gasteiger partial charge in [-0.25, -0.2) is 0 Å². The van der Waals surface area contributed by atoms with Crippen LogP contribution < -0.4 is 10.6 Å². The van der Waals surface area contributed by atoms with Gasteiger partial charge in [0.1, 0.15) is 0 Å². The van der Waals surface area contributed by atoms with Gasteiger partial charge >= 0.3 is 0 Å². The molecule has 2 unspecified atom stereocenters. The number of hydrogen-bond acceptors (Lipinski definition) is 3. The molecule has 94 valence electrons. The van der Waals surface area contributed by atoms with E-state index >= 15 is 0 Å². The minimum absolute atomic E-state index is 0.0424. The maximum atomic E-state index is 12.0. The Bertz CT molecular complexity index is 394. The molecule has 0 radical (unpaired) electrons. The first-order valence-corrected chi connectivity index (χ1v) is 7.11. The number of carbonyl (C=O) groups excluding carboxylic acids is 1. The number of amides is 1. The third-order valence-corrected chi connectivity index (χ3v) is 4.35. The van der Waals surface area contributed by atoms with Crippen LogP contribution >= 0.6 is 22.9 Å². The van der Waals surface area contributed by atoms with Crippen molar-refractivity contribution in [3.63, 3.8) is 0 Å². The molecule has 2 atom stereocenters. The Kier molecular flexibility index (Phi) is 4.42. The van der Waals surface area contributed by atoms with Crippen molar-refractivity contribution >= 4 is 28.8 Å². The van der Waals surface area contributed by atoms with Crippen LogP contribution in [-0.4, -0.2) is 18.5 Å². The van der Waals surface area contributed by atoms with Crippen LogP contribution in [0, 0.1) is 5.92 Å². The lowest BCUT2D eigenvalue weighted by Crippen LogP contribution is -2.50. The Morgan fingerprint density at radius 2 is 2.47 bits per heavy atom. The molecule has 1 saturated heterocycles. The standard InChI is InChI=1S/C12H17ClN2OS/c1-8-3-2-6-14-11(8)12(16)15-7-9-4-5-10(13)17-9/h4-5,8,11,14H,2-3,6-7H2,1H3,(H,15,16). The monoisotopic (exact) mass is 272 g/mol. The Labute approximate surface area is 111 Å². The molecule has 2 rings (SSSR count). The molecule has 0 bridgehead atoms. The number of rotatable bonds is 3. The highest BCUT2D eigenvalue weighted by molar-refractivity contribution is 7.16. The smallest absolute Gasteiger partial charge is 0.237 e. The van der Waals surface area contributed by atoms with Gasteiger partial charge in [-0.3, -0.25) is 4.79 Å². The first-order chi connectivity index (χ1) is 8.16. The topological polar surface area (TPSA) is 41.1 Å². The second kappa shape index (κ2) is 5.85. The van der Waals surface area contributed by atoms with Gasteiger partial charge in [0.25, 0.3) is 0 Å². The molecule has 1 aliphatic rings. The molecule has 0 aliphatic carbocycles. The van der Waals surface area contributed by atoms with Crippen molar-refractivity contribution in [3.8, 4) is 0 Å². The lowest BCUT2D eigenvalue weighted by Gasteiger charge is -2.28. The van der Waals surface area contributed by atoms with Gasteiger partial charge in [-0.15, -0.1) is 11.3 Å². The van der Waals surface area contributed by atoms with Gasteiger partial charge in [-0.1, -0.05) is 18.5 Å². The molecule has 5 heteroatoms. The average molecular weight is 273 g/mol. The highest BCUT2D eigenvalue weighted by Crippen LogP contribution is 2.21. The number of nitrogens with one attached hydrogen (secondary N) is 2. The third-order valence-electron chi connectivity index (χ3n) is 3.12. The maximum absolute atomic E-state index is 12.0. The highest BCUT2D eigenvalue weighted by Gasteiger charge is 2.26. The fourth-order valence-electron chi connectivity index (χ4n) is 2.13. The summed E-state index contributed by atoms with van der Waals surface area (Å²) in [4.78, 5) is 13.1. The second-order valence-corrected chi connectivity index (χ2v) is 6.27. The fraction of sp³-hybridized carbons (Fsp3) is 0.583. The molecular weight excluding hydrogens is 256 g/mol. The van der Waals surface area contributed by atoms with E-state index < -0.39 is 0 Å². The minimum Gasteiger partial charge on any atom is -0.350 e. The van der Waals surface area contributed by atoms with Crippen molar-refractivity contribution in [1.29, 1.82) is 0 Å². The van der Waals surface area contributed by atoms with Gasteiger partial charge in [0.15, 0.2) is 0 Å². The molecule has 2 heterocycles. The Balaban J connectivity index is 1.84. The summed E-state index contributed by atoms with van der Waals surface area (Å²) in [5.41, 5.74) is 0. The van der Waals surface area contributed by atoms with Gasteiger partial charge in [0.2, 0.25) is 5.91 Å². The van der Waals surface area contributed by atoms with Crippen molar-refractivity contribution in [2.75, 3.05) is 6.54 Å². The van der Waals surface area contributed by atoms with Crippen molar-refractivity contribution in [2.45, 2.75) is 32.4 Å². The van der Waals surface area contributed by atoms with E-state index in [0.29, 0.717) is 12.5 Å². The van der Waals surface area contributed by atoms with Gasteiger partial charge in [0.05, 0.1) is 16.9 Å². The third kappa shape index (κ3) is 3.44. The number of piperidine rings is 1. The van der Waals surface area contributed by atoms with Gasteiger partial charge < -0.3 is 10.6 Å². The number of thiophene rings is 1. The zero-order chi connectivity index (χ0) is 12.3. The zero-order valence-corrected chi connectivity index (χ0v) is 11.4. The predicted octanol–water partition coefficient (Wildman–Crippen LogP) is 2.41. The molecule has 0 aromatic carbocycles. The van der Waals surface area contributed by atoms with Crippen molar-refractivity contribution in [2.24, 2.45) is 5.92 Å². The SMILES string of the molecule is CC1CCCNC1C(=O)NCc1ccc(Cl)s1. The first-order valence-electron chi connectivity index (χ1n) is 5.92. The van der Waals surface area contributed by atoms with Crippen LogP contribution in [-0.2, 0) is 11.3 Å². The van der Waals surface area contributed by atoms with Crippen LogP contribution in [0.3, 0.4) is 0 Å². The fourth-order valence-corrected chi connectivity index (χ4v) is 3.16. The van der Waals surface area contributed by atoms with E-state index in [9.17, 15) is 4.79 Å². The van der Waals surface area contributed by atoms with Crippen LogP contribution in [0.2, 0.25) is 4.34 Å². The molecule has 3 nitrogen and oxygen atoms in total. The largest absolute Gasteiger partial charge is 0.350 e. The molecule has 1 aromatic rings. The number of halogens is 1. The van der Waals surface area contributed by atoms with E-state index in [2.05, 4.69) is 17.6 Å².